The Kier molecular flexibility index (Phi) is 6.31. The second kappa shape index (κ2) is 6.37. The average Bonchev–Trinajstić information content (AvgIpc) is 2.13. The van der Waals surface area contributed by atoms with Crippen molar-refractivity contribution in [2.75, 3.05) is 20.0 Å². The van der Waals surface area contributed by atoms with Gasteiger partial charge in [-0.25, -0.2) is 0 Å². The molecule has 82 valence electrons. The molecule has 0 bridgehead atoms. The minimum absolute atomic E-state index is 0.0134. The van der Waals surface area contributed by atoms with Crippen molar-refractivity contribution in [3.8, 4) is 0 Å². The lowest BCUT2D eigenvalue weighted by Crippen LogP contribution is -2.18. The minimum atomic E-state index is -1.36. The second-order valence-corrected chi connectivity index (χ2v) is 5.46. The molecule has 0 aliphatic carbocycles. The highest BCUT2D eigenvalue weighted by atomic mass is 35.5. The zero-order chi connectivity index (χ0) is 11.2. The minimum Gasteiger partial charge on any atom is -0.469 e. The molecule has 0 amide bonds. The van der Waals surface area contributed by atoms with Gasteiger partial charge < -0.3 is 9.47 Å². The van der Waals surface area contributed by atoms with Gasteiger partial charge >= 0.3 is 11.9 Å². The Bertz CT molecular complexity index is 220. The third-order valence-corrected chi connectivity index (χ3v) is 3.08. The highest BCUT2D eigenvalue weighted by Crippen LogP contribution is 2.38. The van der Waals surface area contributed by atoms with E-state index in [0.717, 1.165) is 11.8 Å². The number of methoxy groups -OCH3 is 2. The van der Waals surface area contributed by atoms with E-state index in [-0.39, 0.29) is 12.2 Å². The van der Waals surface area contributed by atoms with Crippen molar-refractivity contribution in [3.63, 3.8) is 0 Å². The molecule has 0 saturated heterocycles. The van der Waals surface area contributed by atoms with Gasteiger partial charge in [0.2, 0.25) is 0 Å². The molecule has 0 N–H and O–H groups in total. The normalized spacial score (nSPS) is 10.9. The first-order valence-electron chi connectivity index (χ1n) is 3.56. The summed E-state index contributed by atoms with van der Waals surface area (Å²) in [6.07, 6.45) is -0.186. The Morgan fingerprint density at radius 1 is 1.21 bits per heavy atom. The van der Waals surface area contributed by atoms with E-state index < -0.39 is 15.6 Å². The fraction of sp³-hybridized carbons (Fsp3) is 0.714. The van der Waals surface area contributed by atoms with Gasteiger partial charge in [-0.05, 0) is 0 Å². The van der Waals surface area contributed by atoms with E-state index in [2.05, 4.69) is 9.47 Å². The molecule has 0 heterocycles. The first-order valence-corrected chi connectivity index (χ1v) is 5.31. The van der Waals surface area contributed by atoms with E-state index >= 15 is 0 Å². The van der Waals surface area contributed by atoms with Gasteiger partial charge in [-0.3, -0.25) is 9.59 Å². The molecular formula is C7H10Cl2O4S. The van der Waals surface area contributed by atoms with Crippen molar-refractivity contribution in [3.05, 3.63) is 0 Å². The summed E-state index contributed by atoms with van der Waals surface area (Å²) in [6, 6.07) is 0. The monoisotopic (exact) mass is 260 g/mol. The van der Waals surface area contributed by atoms with Crippen LogP contribution in [0.25, 0.3) is 0 Å². The van der Waals surface area contributed by atoms with Crippen molar-refractivity contribution < 1.29 is 19.1 Å². The number of ether oxygens (including phenoxy) is 2. The largest absolute Gasteiger partial charge is 0.469 e. The Labute approximate surface area is 96.2 Å². The van der Waals surface area contributed by atoms with Gasteiger partial charge in [-0.1, -0.05) is 23.2 Å². The topological polar surface area (TPSA) is 52.6 Å². The molecule has 0 aromatic rings. The summed E-state index contributed by atoms with van der Waals surface area (Å²) in [7, 11) is 2.49. The Balaban J connectivity index is 3.94. The summed E-state index contributed by atoms with van der Waals surface area (Å²) in [4.78, 5) is 21.6. The van der Waals surface area contributed by atoms with Crippen LogP contribution in [0.3, 0.4) is 0 Å². The van der Waals surface area contributed by atoms with Gasteiger partial charge in [-0.2, -0.15) is 0 Å². The number of carbonyl (C=O) groups is 2. The van der Waals surface area contributed by atoms with E-state index in [0.29, 0.717) is 0 Å². The van der Waals surface area contributed by atoms with Crippen LogP contribution < -0.4 is 0 Å². The average molecular weight is 261 g/mol. The van der Waals surface area contributed by atoms with Crippen LogP contribution in [0.15, 0.2) is 0 Å². The first-order chi connectivity index (χ1) is 6.41. The van der Waals surface area contributed by atoms with Crippen molar-refractivity contribution >= 4 is 46.9 Å². The summed E-state index contributed by atoms with van der Waals surface area (Å²) in [6.45, 7) is 0. The van der Waals surface area contributed by atoms with Crippen LogP contribution in [0.2, 0.25) is 0 Å². The Hall–Kier alpha value is -0.130. The molecule has 0 unspecified atom stereocenters. The molecule has 0 fully saturated rings. The summed E-state index contributed by atoms with van der Waals surface area (Å²) in [5.74, 6) is -1.00. The highest BCUT2D eigenvalue weighted by molar-refractivity contribution is 8.03. The van der Waals surface area contributed by atoms with Crippen LogP contribution in [0.1, 0.15) is 6.42 Å². The van der Waals surface area contributed by atoms with E-state index in [1.54, 1.807) is 0 Å². The predicted molar refractivity (Wildman–Crippen MR) is 55.5 cm³/mol. The number of hydrogen-bond donors (Lipinski definition) is 0. The van der Waals surface area contributed by atoms with Crippen molar-refractivity contribution in [2.45, 2.75) is 10.1 Å². The first kappa shape index (κ1) is 13.9. The molecule has 0 spiro atoms. The van der Waals surface area contributed by atoms with Crippen LogP contribution >= 0.6 is 35.0 Å². The third kappa shape index (κ3) is 6.34. The summed E-state index contributed by atoms with van der Waals surface area (Å²) < 4.78 is 7.41. The number of esters is 2. The number of thioether (sulfide) groups is 1. The maximum atomic E-state index is 10.8. The molecule has 0 radical (unpaired) electrons. The van der Waals surface area contributed by atoms with E-state index in [1.807, 2.05) is 0 Å². The van der Waals surface area contributed by atoms with E-state index in [9.17, 15) is 9.59 Å². The summed E-state index contributed by atoms with van der Waals surface area (Å²) in [5.41, 5.74) is 0. The standard InChI is InChI=1S/C7H10Cl2O4S/c1-12-5(10)3-7(8,9)14-4-6(11)13-2/h3-4H2,1-2H3. The van der Waals surface area contributed by atoms with Crippen LogP contribution in [0, 0.1) is 0 Å². The highest BCUT2D eigenvalue weighted by Gasteiger charge is 2.29. The van der Waals surface area contributed by atoms with Gasteiger partial charge in [0.05, 0.1) is 26.4 Å². The lowest BCUT2D eigenvalue weighted by Gasteiger charge is -2.16. The molecule has 4 nitrogen and oxygen atoms in total. The number of rotatable bonds is 5. The van der Waals surface area contributed by atoms with Crippen molar-refractivity contribution in [1.29, 1.82) is 0 Å². The zero-order valence-corrected chi connectivity index (χ0v) is 10.0. The van der Waals surface area contributed by atoms with Crippen molar-refractivity contribution in [2.24, 2.45) is 0 Å². The molecule has 0 aromatic carbocycles. The Morgan fingerprint density at radius 2 is 1.71 bits per heavy atom. The van der Waals surface area contributed by atoms with E-state index in [4.69, 9.17) is 23.2 Å². The van der Waals surface area contributed by atoms with Crippen LogP contribution in [-0.2, 0) is 19.1 Å². The van der Waals surface area contributed by atoms with Gasteiger partial charge in [0.25, 0.3) is 0 Å². The summed E-state index contributed by atoms with van der Waals surface area (Å²) >= 11 is 12.4. The maximum absolute atomic E-state index is 10.8. The van der Waals surface area contributed by atoms with Crippen LogP contribution in [0.5, 0.6) is 0 Å². The van der Waals surface area contributed by atoms with Gasteiger partial charge in [0.1, 0.15) is 0 Å². The smallest absolute Gasteiger partial charge is 0.315 e. The third-order valence-electron chi connectivity index (χ3n) is 1.21. The molecule has 0 aliphatic heterocycles. The van der Waals surface area contributed by atoms with Gasteiger partial charge in [0, 0.05) is 0 Å². The number of hydrogen-bond acceptors (Lipinski definition) is 5. The van der Waals surface area contributed by atoms with Crippen molar-refractivity contribution in [1.82, 2.24) is 0 Å². The molecule has 0 rings (SSSR count). The molecule has 0 aromatic heterocycles. The molecule has 0 atom stereocenters. The maximum Gasteiger partial charge on any atom is 0.315 e. The number of halogens is 2. The predicted octanol–water partition coefficient (Wildman–Crippen LogP) is 1.59. The molecule has 0 saturated carbocycles. The Morgan fingerprint density at radius 3 is 2.14 bits per heavy atom. The molecule has 7 heteroatoms. The van der Waals surface area contributed by atoms with Crippen LogP contribution in [-0.4, -0.2) is 35.6 Å². The number of carbonyl (C=O) groups excluding carboxylic acids is 2. The van der Waals surface area contributed by atoms with E-state index in [1.165, 1.54) is 14.2 Å². The van der Waals surface area contributed by atoms with Gasteiger partial charge in [0.15, 0.2) is 3.67 Å². The second-order valence-electron chi connectivity index (χ2n) is 2.26. The molecule has 14 heavy (non-hydrogen) atoms. The van der Waals surface area contributed by atoms with Crippen LogP contribution in [0.4, 0.5) is 0 Å². The molecule has 0 aliphatic rings. The zero-order valence-electron chi connectivity index (χ0n) is 7.71. The molecular weight excluding hydrogens is 251 g/mol. The van der Waals surface area contributed by atoms with Gasteiger partial charge in [-0.15, -0.1) is 11.8 Å². The summed E-state index contributed by atoms with van der Waals surface area (Å²) in [5, 5.41) is 0. The quantitative estimate of drug-likeness (QED) is 0.555. The fourth-order valence-electron chi connectivity index (χ4n) is 0.515. The fourth-order valence-corrected chi connectivity index (χ4v) is 1.73. The SMILES string of the molecule is COC(=O)CSC(Cl)(Cl)CC(=O)OC. The lowest BCUT2D eigenvalue weighted by molar-refractivity contribution is -0.140. The lowest BCUT2D eigenvalue weighted by atomic mass is 10.5. The number of alkyl halides is 2.